The molecule has 0 fully saturated rings. The zero-order chi connectivity index (χ0) is 22.0. The highest BCUT2D eigenvalue weighted by Crippen LogP contribution is 2.25. The third-order valence-corrected chi connectivity index (χ3v) is 5.63. The van der Waals surface area contributed by atoms with E-state index in [1.807, 2.05) is 47.9 Å². The molecule has 0 spiro atoms. The van der Waals surface area contributed by atoms with Gasteiger partial charge in [-0.25, -0.2) is 4.79 Å². The Hall–Kier alpha value is -3.67. The van der Waals surface area contributed by atoms with Crippen molar-refractivity contribution in [2.45, 2.75) is 39.5 Å². The molecule has 4 rings (SSSR count). The molecule has 4 aromatic rings. The fourth-order valence-electron chi connectivity index (χ4n) is 4.02. The van der Waals surface area contributed by atoms with Gasteiger partial charge in [-0.2, -0.15) is 4.98 Å². The second-order valence-electron chi connectivity index (χ2n) is 7.76. The summed E-state index contributed by atoms with van der Waals surface area (Å²) in [5.41, 5.74) is 5.32. The van der Waals surface area contributed by atoms with E-state index in [9.17, 15) is 14.7 Å². The first-order valence-corrected chi connectivity index (χ1v) is 10.5. The number of aromatic amines is 1. The molecule has 0 saturated heterocycles. The Morgan fingerprint density at radius 3 is 2.58 bits per heavy atom. The van der Waals surface area contributed by atoms with E-state index in [4.69, 9.17) is 0 Å². The van der Waals surface area contributed by atoms with E-state index in [1.54, 1.807) is 18.2 Å². The fourth-order valence-corrected chi connectivity index (χ4v) is 4.02. The van der Waals surface area contributed by atoms with Gasteiger partial charge in [0.05, 0.1) is 5.56 Å². The highest BCUT2D eigenvalue weighted by Gasteiger charge is 2.16. The van der Waals surface area contributed by atoms with E-state index in [0.29, 0.717) is 23.3 Å². The molecule has 0 amide bonds. The van der Waals surface area contributed by atoms with Crippen LogP contribution in [0, 0.1) is 6.92 Å². The number of fused-ring (bicyclic) bond motifs is 1. The molecular formula is C25H25N3O3. The molecule has 31 heavy (non-hydrogen) atoms. The van der Waals surface area contributed by atoms with Crippen molar-refractivity contribution in [3.05, 3.63) is 93.2 Å². The zero-order valence-corrected chi connectivity index (χ0v) is 17.7. The first-order valence-electron chi connectivity index (χ1n) is 10.5. The van der Waals surface area contributed by atoms with Crippen LogP contribution in [0.15, 0.2) is 59.5 Å². The zero-order valence-electron chi connectivity index (χ0n) is 17.7. The van der Waals surface area contributed by atoms with Crippen LogP contribution in [0.3, 0.4) is 0 Å². The second-order valence-corrected chi connectivity index (χ2v) is 7.76. The number of H-pyrrole nitrogens is 1. The van der Waals surface area contributed by atoms with Crippen LogP contribution in [-0.4, -0.2) is 25.4 Å². The topological polar surface area (TPSA) is 87.5 Å². The van der Waals surface area contributed by atoms with E-state index in [1.165, 1.54) is 0 Å². The average molecular weight is 415 g/mol. The molecule has 2 heterocycles. The fraction of sp³-hybridized carbons (Fsp3) is 0.240. The van der Waals surface area contributed by atoms with Gasteiger partial charge in [-0.3, -0.25) is 9.20 Å². The lowest BCUT2D eigenvalue weighted by molar-refractivity contribution is 0.0697. The predicted octanol–water partition coefficient (Wildman–Crippen LogP) is 4.63. The molecule has 0 aliphatic rings. The minimum absolute atomic E-state index is 0.201. The van der Waals surface area contributed by atoms with E-state index < -0.39 is 5.97 Å². The van der Waals surface area contributed by atoms with Gasteiger partial charge in [0.15, 0.2) is 0 Å². The Morgan fingerprint density at radius 2 is 1.87 bits per heavy atom. The first-order chi connectivity index (χ1) is 15.0. The van der Waals surface area contributed by atoms with Crippen molar-refractivity contribution in [1.82, 2.24) is 14.4 Å². The average Bonchev–Trinajstić information content (AvgIpc) is 3.14. The largest absolute Gasteiger partial charge is 0.478 e. The summed E-state index contributed by atoms with van der Waals surface area (Å²) >= 11 is 0. The van der Waals surface area contributed by atoms with Crippen LogP contribution >= 0.6 is 0 Å². The van der Waals surface area contributed by atoms with E-state index in [-0.39, 0.29) is 11.1 Å². The van der Waals surface area contributed by atoms with Crippen molar-refractivity contribution in [1.29, 1.82) is 0 Å². The monoisotopic (exact) mass is 415 g/mol. The molecule has 2 aromatic heterocycles. The van der Waals surface area contributed by atoms with Gasteiger partial charge in [0.2, 0.25) is 5.78 Å². The van der Waals surface area contributed by atoms with Crippen LogP contribution in [-0.2, 0) is 12.8 Å². The van der Waals surface area contributed by atoms with Crippen LogP contribution < -0.4 is 5.56 Å². The molecule has 2 aromatic carbocycles. The van der Waals surface area contributed by atoms with Gasteiger partial charge < -0.3 is 10.1 Å². The molecule has 0 aliphatic heterocycles. The number of carbonyl (C=O) groups is 1. The molecule has 0 unspecified atom stereocenters. The van der Waals surface area contributed by atoms with E-state index in [0.717, 1.165) is 41.8 Å². The molecule has 0 radical (unpaired) electrons. The molecule has 2 N–H and O–H groups in total. The van der Waals surface area contributed by atoms with Gasteiger partial charge in [0, 0.05) is 29.6 Å². The van der Waals surface area contributed by atoms with Crippen molar-refractivity contribution >= 4 is 11.7 Å². The molecule has 6 nitrogen and oxygen atoms in total. The van der Waals surface area contributed by atoms with E-state index in [2.05, 4.69) is 16.9 Å². The van der Waals surface area contributed by atoms with Gasteiger partial charge in [-0.1, -0.05) is 55.8 Å². The van der Waals surface area contributed by atoms with Crippen LogP contribution in [0.2, 0.25) is 0 Å². The van der Waals surface area contributed by atoms with Gasteiger partial charge in [-0.05, 0) is 42.5 Å². The third kappa shape index (κ3) is 4.01. The van der Waals surface area contributed by atoms with Crippen LogP contribution in [0.25, 0.3) is 16.9 Å². The summed E-state index contributed by atoms with van der Waals surface area (Å²) < 4.78 is 2.05. The summed E-state index contributed by atoms with van der Waals surface area (Å²) in [5, 5.41) is 9.45. The summed E-state index contributed by atoms with van der Waals surface area (Å²) in [5.74, 6) is -0.368. The number of carboxylic acids is 1. The SMILES string of the molecule is CCCCc1c(Cc2ccc(-c3ccccc3C(=O)O)cc2)c(=O)nc2[nH]cc(C)n12. The summed E-state index contributed by atoms with van der Waals surface area (Å²) in [6.45, 7) is 4.14. The number of imidazole rings is 1. The van der Waals surface area contributed by atoms with Crippen LogP contribution in [0.4, 0.5) is 0 Å². The second kappa shape index (κ2) is 8.60. The standard InChI is InChI=1S/C25H25N3O3/c1-3-4-9-22-21(23(29)27-25-26-15-16(2)28(22)25)14-17-10-12-18(13-11-17)19-7-5-6-8-20(19)24(30)31/h5-8,10-13,15H,3-4,9,14H2,1-2H3,(H,30,31)(H,26,27,29). The smallest absolute Gasteiger partial charge is 0.336 e. The Morgan fingerprint density at radius 1 is 1.13 bits per heavy atom. The highest BCUT2D eigenvalue weighted by molar-refractivity contribution is 5.95. The number of hydrogen-bond donors (Lipinski definition) is 2. The third-order valence-electron chi connectivity index (χ3n) is 5.63. The molecule has 0 saturated carbocycles. The van der Waals surface area contributed by atoms with Crippen molar-refractivity contribution in [2.75, 3.05) is 0 Å². The summed E-state index contributed by atoms with van der Waals surface area (Å²) in [4.78, 5) is 31.7. The van der Waals surface area contributed by atoms with Gasteiger partial charge in [-0.15, -0.1) is 0 Å². The Bertz CT molecular complexity index is 1300. The van der Waals surface area contributed by atoms with Crippen molar-refractivity contribution < 1.29 is 9.90 Å². The highest BCUT2D eigenvalue weighted by atomic mass is 16.4. The lowest BCUT2D eigenvalue weighted by Gasteiger charge is -2.13. The normalized spacial score (nSPS) is 11.2. The predicted molar refractivity (Wildman–Crippen MR) is 121 cm³/mol. The molecule has 6 heteroatoms. The maximum atomic E-state index is 12.8. The Labute approximate surface area is 180 Å². The number of aryl methyl sites for hydroxylation is 2. The van der Waals surface area contributed by atoms with E-state index >= 15 is 0 Å². The first kappa shape index (κ1) is 20.6. The summed E-state index contributed by atoms with van der Waals surface area (Å²) in [6, 6.07) is 14.7. The number of aromatic nitrogens is 3. The van der Waals surface area contributed by atoms with Crippen molar-refractivity contribution in [3.63, 3.8) is 0 Å². The van der Waals surface area contributed by atoms with Gasteiger partial charge >= 0.3 is 5.97 Å². The maximum absolute atomic E-state index is 12.8. The van der Waals surface area contributed by atoms with Gasteiger partial charge in [0.25, 0.3) is 5.56 Å². The lowest BCUT2D eigenvalue weighted by atomic mass is 9.96. The minimum Gasteiger partial charge on any atom is -0.478 e. The quantitative estimate of drug-likeness (QED) is 0.461. The number of nitrogens with zero attached hydrogens (tertiary/aromatic N) is 2. The molecular weight excluding hydrogens is 390 g/mol. The van der Waals surface area contributed by atoms with Crippen LogP contribution in [0.5, 0.6) is 0 Å². The number of rotatable bonds is 7. The molecule has 0 aliphatic carbocycles. The number of carboxylic acid groups (broad SMARTS) is 1. The summed E-state index contributed by atoms with van der Waals surface area (Å²) in [7, 11) is 0. The number of hydrogen-bond acceptors (Lipinski definition) is 3. The maximum Gasteiger partial charge on any atom is 0.336 e. The Balaban J connectivity index is 1.72. The molecule has 158 valence electrons. The minimum atomic E-state index is -0.950. The lowest BCUT2D eigenvalue weighted by Crippen LogP contribution is -2.21. The number of aromatic carboxylic acids is 1. The molecule has 0 bridgehead atoms. The summed E-state index contributed by atoms with van der Waals surface area (Å²) in [6.07, 6.45) is 5.20. The number of benzene rings is 2. The van der Waals surface area contributed by atoms with Gasteiger partial charge in [0.1, 0.15) is 0 Å². The molecule has 0 atom stereocenters. The Kier molecular flexibility index (Phi) is 5.71. The number of nitrogens with one attached hydrogen (secondary N) is 1. The number of unbranched alkanes of at least 4 members (excludes halogenated alkanes) is 1. The van der Waals surface area contributed by atoms with Crippen molar-refractivity contribution in [3.8, 4) is 11.1 Å². The van der Waals surface area contributed by atoms with Crippen molar-refractivity contribution in [2.24, 2.45) is 0 Å². The van der Waals surface area contributed by atoms with Crippen LogP contribution in [0.1, 0.15) is 52.6 Å².